The summed E-state index contributed by atoms with van der Waals surface area (Å²) in [6.07, 6.45) is 1.33. The second-order valence-corrected chi connectivity index (χ2v) is 8.70. The molecule has 1 saturated heterocycles. The summed E-state index contributed by atoms with van der Waals surface area (Å²) in [5.74, 6) is 0.938. The first-order valence-electron chi connectivity index (χ1n) is 10.8. The molecular weight excluding hydrogens is 424 g/mol. The Morgan fingerprint density at radius 2 is 1.91 bits per heavy atom. The minimum atomic E-state index is -0.578. The molecule has 166 valence electrons. The standard InChI is InChI=1S/C25H26N2O4S/c1-3-14-30-20-11-9-19(10-12-20)23-22(24(29)31-16-18-7-5-4-6-8-18)17(2)26-25-27(23)21(28)13-15-32-25/h4-12,23H,3,13-16H2,1-2H3/t23-/m0/s1. The number of amides is 1. The van der Waals surface area contributed by atoms with E-state index in [1.54, 1.807) is 11.8 Å². The number of allylic oxidation sites excluding steroid dienone is 1. The molecule has 4 rings (SSSR count). The summed E-state index contributed by atoms with van der Waals surface area (Å²) in [5, 5.41) is 0.634. The van der Waals surface area contributed by atoms with Crippen LogP contribution in [0.2, 0.25) is 0 Å². The fraction of sp³-hybridized carbons (Fsp3) is 0.320. The maximum absolute atomic E-state index is 13.2. The van der Waals surface area contributed by atoms with Gasteiger partial charge in [-0.1, -0.05) is 61.2 Å². The maximum atomic E-state index is 13.2. The highest BCUT2D eigenvalue weighted by Crippen LogP contribution is 2.40. The number of fused-ring (bicyclic) bond motifs is 1. The second-order valence-electron chi connectivity index (χ2n) is 7.64. The molecular formula is C25H26N2O4S. The first-order valence-corrected chi connectivity index (χ1v) is 11.7. The van der Waals surface area contributed by atoms with Crippen molar-refractivity contribution in [2.45, 2.75) is 39.3 Å². The van der Waals surface area contributed by atoms with Crippen molar-refractivity contribution in [2.75, 3.05) is 12.4 Å². The molecule has 2 aromatic rings. The van der Waals surface area contributed by atoms with E-state index in [1.165, 1.54) is 11.8 Å². The first-order chi connectivity index (χ1) is 15.6. The van der Waals surface area contributed by atoms with Gasteiger partial charge >= 0.3 is 5.97 Å². The van der Waals surface area contributed by atoms with Crippen molar-refractivity contribution in [3.05, 3.63) is 77.0 Å². The Hall–Kier alpha value is -3.06. The van der Waals surface area contributed by atoms with Gasteiger partial charge in [0.2, 0.25) is 5.91 Å². The first kappa shape index (κ1) is 22.1. The van der Waals surface area contributed by atoms with Crippen LogP contribution in [0.4, 0.5) is 0 Å². The number of hydrogen-bond acceptors (Lipinski definition) is 6. The highest BCUT2D eigenvalue weighted by atomic mass is 32.2. The molecule has 2 aliphatic rings. The van der Waals surface area contributed by atoms with Crippen molar-refractivity contribution in [1.82, 2.24) is 4.90 Å². The number of thioether (sulfide) groups is 1. The van der Waals surface area contributed by atoms with Gasteiger partial charge in [0.25, 0.3) is 0 Å². The maximum Gasteiger partial charge on any atom is 0.338 e. The third-order valence-electron chi connectivity index (χ3n) is 5.31. The lowest BCUT2D eigenvalue weighted by Crippen LogP contribution is -2.45. The third-order valence-corrected chi connectivity index (χ3v) is 6.26. The molecule has 2 aromatic carbocycles. The summed E-state index contributed by atoms with van der Waals surface area (Å²) >= 11 is 1.54. The fourth-order valence-electron chi connectivity index (χ4n) is 3.74. The Labute approximate surface area is 192 Å². The van der Waals surface area contributed by atoms with Gasteiger partial charge in [-0.25, -0.2) is 9.79 Å². The number of rotatable bonds is 7. The molecule has 0 aliphatic carbocycles. The molecule has 32 heavy (non-hydrogen) atoms. The second kappa shape index (κ2) is 10.0. The van der Waals surface area contributed by atoms with Crippen molar-refractivity contribution >= 4 is 28.8 Å². The smallest absolute Gasteiger partial charge is 0.338 e. The summed E-state index contributed by atoms with van der Waals surface area (Å²) in [7, 11) is 0. The zero-order valence-corrected chi connectivity index (χ0v) is 19.1. The van der Waals surface area contributed by atoms with Crippen LogP contribution in [0.1, 0.15) is 43.9 Å². The summed E-state index contributed by atoms with van der Waals surface area (Å²) in [6, 6.07) is 16.5. The number of aliphatic imine (C=N–C) groups is 1. The van der Waals surface area contributed by atoms with Gasteiger partial charge in [0, 0.05) is 12.2 Å². The van der Waals surface area contributed by atoms with Crippen LogP contribution < -0.4 is 4.74 Å². The summed E-state index contributed by atoms with van der Waals surface area (Å²) in [6.45, 7) is 4.65. The van der Waals surface area contributed by atoms with Gasteiger partial charge in [0.1, 0.15) is 12.4 Å². The molecule has 7 heteroatoms. The van der Waals surface area contributed by atoms with E-state index in [0.717, 1.165) is 23.3 Å². The summed E-state index contributed by atoms with van der Waals surface area (Å²) < 4.78 is 11.3. The molecule has 0 saturated carbocycles. The molecule has 0 bridgehead atoms. The highest BCUT2D eigenvalue weighted by molar-refractivity contribution is 8.14. The van der Waals surface area contributed by atoms with Crippen LogP contribution >= 0.6 is 11.8 Å². The van der Waals surface area contributed by atoms with Gasteiger partial charge in [-0.05, 0) is 36.6 Å². The lowest BCUT2D eigenvalue weighted by molar-refractivity contribution is -0.141. The molecule has 1 amide bonds. The van der Waals surface area contributed by atoms with Crippen molar-refractivity contribution < 1.29 is 19.1 Å². The number of ether oxygens (including phenoxy) is 2. The van der Waals surface area contributed by atoms with E-state index in [-0.39, 0.29) is 12.5 Å². The van der Waals surface area contributed by atoms with E-state index >= 15 is 0 Å². The van der Waals surface area contributed by atoms with Gasteiger partial charge in [0.15, 0.2) is 5.17 Å². The van der Waals surface area contributed by atoms with Gasteiger partial charge in [0.05, 0.1) is 23.9 Å². The number of benzene rings is 2. The monoisotopic (exact) mass is 450 g/mol. The normalized spacial score (nSPS) is 18.2. The van der Waals surface area contributed by atoms with E-state index in [9.17, 15) is 9.59 Å². The van der Waals surface area contributed by atoms with Gasteiger partial charge < -0.3 is 9.47 Å². The molecule has 0 unspecified atom stereocenters. The lowest BCUT2D eigenvalue weighted by Gasteiger charge is -2.38. The van der Waals surface area contributed by atoms with Crippen molar-refractivity contribution in [2.24, 2.45) is 4.99 Å². The van der Waals surface area contributed by atoms with Crippen molar-refractivity contribution in [1.29, 1.82) is 0 Å². The van der Waals surface area contributed by atoms with Crippen LogP contribution in [0, 0.1) is 0 Å². The van der Waals surface area contributed by atoms with E-state index in [2.05, 4.69) is 11.9 Å². The van der Waals surface area contributed by atoms with Crippen LogP contribution in [0.3, 0.4) is 0 Å². The van der Waals surface area contributed by atoms with Crippen LogP contribution in [0.5, 0.6) is 5.75 Å². The highest BCUT2D eigenvalue weighted by Gasteiger charge is 2.41. The van der Waals surface area contributed by atoms with Crippen LogP contribution in [-0.2, 0) is 20.9 Å². The molecule has 6 nitrogen and oxygen atoms in total. The summed E-state index contributed by atoms with van der Waals surface area (Å²) in [4.78, 5) is 32.4. The van der Waals surface area contributed by atoms with E-state index in [0.29, 0.717) is 35.2 Å². The average molecular weight is 451 g/mol. The van der Waals surface area contributed by atoms with Gasteiger partial charge in [-0.3, -0.25) is 9.69 Å². The molecule has 0 spiro atoms. The van der Waals surface area contributed by atoms with Gasteiger partial charge in [-0.2, -0.15) is 0 Å². The van der Waals surface area contributed by atoms with E-state index in [4.69, 9.17) is 9.47 Å². The van der Waals surface area contributed by atoms with Crippen LogP contribution in [-0.4, -0.2) is 34.3 Å². The van der Waals surface area contributed by atoms with Gasteiger partial charge in [-0.15, -0.1) is 0 Å². The molecule has 2 aliphatic heterocycles. The largest absolute Gasteiger partial charge is 0.494 e. The number of nitrogens with zero attached hydrogens (tertiary/aromatic N) is 2. The fourth-order valence-corrected chi connectivity index (χ4v) is 4.75. The Bertz CT molecular complexity index is 1050. The molecule has 0 radical (unpaired) electrons. The molecule has 0 aromatic heterocycles. The third kappa shape index (κ3) is 4.72. The van der Waals surface area contributed by atoms with E-state index < -0.39 is 12.0 Å². The number of carbonyl (C=O) groups excluding carboxylic acids is 2. The van der Waals surface area contributed by atoms with Crippen LogP contribution in [0.25, 0.3) is 0 Å². The minimum Gasteiger partial charge on any atom is -0.494 e. The molecule has 1 atom stereocenters. The Kier molecular flexibility index (Phi) is 6.95. The van der Waals surface area contributed by atoms with Crippen molar-refractivity contribution in [3.63, 3.8) is 0 Å². The van der Waals surface area contributed by atoms with Crippen molar-refractivity contribution in [3.8, 4) is 5.75 Å². The SMILES string of the molecule is CCCOc1ccc([C@H]2C(C(=O)OCc3ccccc3)=C(C)N=C3SCCC(=O)N32)cc1. The number of amidine groups is 1. The Balaban J connectivity index is 1.66. The number of hydrogen-bond donors (Lipinski definition) is 0. The molecule has 2 heterocycles. The van der Waals surface area contributed by atoms with E-state index in [1.807, 2.05) is 54.6 Å². The zero-order valence-electron chi connectivity index (χ0n) is 18.2. The molecule has 0 N–H and O–H groups in total. The predicted molar refractivity (Wildman–Crippen MR) is 125 cm³/mol. The molecule has 1 fully saturated rings. The average Bonchev–Trinajstić information content (AvgIpc) is 2.81. The number of esters is 1. The lowest BCUT2D eigenvalue weighted by atomic mass is 9.94. The Morgan fingerprint density at radius 3 is 2.62 bits per heavy atom. The summed E-state index contributed by atoms with van der Waals surface area (Å²) in [5.41, 5.74) is 2.69. The number of carbonyl (C=O) groups is 2. The Morgan fingerprint density at radius 1 is 1.16 bits per heavy atom. The quantitative estimate of drug-likeness (QED) is 0.563. The van der Waals surface area contributed by atoms with Crippen LogP contribution in [0.15, 0.2) is 70.9 Å². The zero-order chi connectivity index (χ0) is 22.5. The predicted octanol–water partition coefficient (Wildman–Crippen LogP) is 4.87. The minimum absolute atomic E-state index is 0.0420. The topological polar surface area (TPSA) is 68.2 Å².